The molecule has 0 aliphatic rings. The molecule has 3 aromatic rings. The molecule has 0 spiro atoms. The summed E-state index contributed by atoms with van der Waals surface area (Å²) in [6.45, 7) is 1.97. The summed E-state index contributed by atoms with van der Waals surface area (Å²) in [6.07, 6.45) is 8.77. The van der Waals surface area contributed by atoms with Gasteiger partial charge in [0, 0.05) is 6.42 Å². The van der Waals surface area contributed by atoms with Gasteiger partial charge in [0.2, 0.25) is 0 Å². The normalized spacial score (nSPS) is 12.7. The van der Waals surface area contributed by atoms with Crippen LogP contribution in [0, 0.1) is 5.82 Å². The Labute approximate surface area is 172 Å². The zero-order valence-corrected chi connectivity index (χ0v) is 16.7. The Hall–Kier alpha value is -3.00. The molecule has 0 saturated heterocycles. The molecule has 148 valence electrons. The van der Waals surface area contributed by atoms with Crippen LogP contribution in [0.3, 0.4) is 0 Å². The Kier molecular flexibility index (Phi) is 7.52. The van der Waals surface area contributed by atoms with Gasteiger partial charge in [-0.3, -0.25) is 0 Å². The third-order valence-corrected chi connectivity index (χ3v) is 4.92. The largest absolute Gasteiger partial charge is 0.242 e. The second-order valence-electron chi connectivity index (χ2n) is 7.12. The summed E-state index contributed by atoms with van der Waals surface area (Å²) < 4.78 is 28.6. The molecule has 29 heavy (non-hydrogen) atoms. The van der Waals surface area contributed by atoms with E-state index in [-0.39, 0.29) is 5.82 Å². The maximum atomic E-state index is 14.4. The highest BCUT2D eigenvalue weighted by atomic mass is 19.1. The van der Waals surface area contributed by atoms with Crippen molar-refractivity contribution in [2.24, 2.45) is 0 Å². The molecule has 0 aliphatic heterocycles. The van der Waals surface area contributed by atoms with Gasteiger partial charge in [-0.25, -0.2) is 8.78 Å². The predicted molar refractivity (Wildman–Crippen MR) is 119 cm³/mol. The van der Waals surface area contributed by atoms with E-state index in [1.54, 1.807) is 6.07 Å². The Balaban J connectivity index is 1.60. The summed E-state index contributed by atoms with van der Waals surface area (Å²) in [4.78, 5) is 0. The molecule has 0 nitrogen and oxygen atoms in total. The van der Waals surface area contributed by atoms with Gasteiger partial charge in [-0.2, -0.15) is 0 Å². The average molecular weight is 389 g/mol. The maximum absolute atomic E-state index is 14.4. The molecular formula is C27H26F2. The fourth-order valence-electron chi connectivity index (χ4n) is 3.22. The SMILES string of the molecule is CC=CCCc1ccc(C=Cc2ccc(C[C@@H](F)c3ccccc3)cc2)cc1F. The monoisotopic (exact) mass is 388 g/mol. The average Bonchev–Trinajstić information content (AvgIpc) is 2.75. The quantitative estimate of drug-likeness (QED) is 0.273. The Morgan fingerprint density at radius 3 is 2.24 bits per heavy atom. The molecule has 1 atom stereocenters. The van der Waals surface area contributed by atoms with Crippen molar-refractivity contribution in [3.05, 3.63) is 119 Å². The molecule has 2 heteroatoms. The van der Waals surface area contributed by atoms with E-state index in [4.69, 9.17) is 0 Å². The molecule has 0 bridgehead atoms. The van der Waals surface area contributed by atoms with Gasteiger partial charge in [0.25, 0.3) is 0 Å². The lowest BCUT2D eigenvalue weighted by Crippen LogP contribution is -1.96. The Bertz CT molecular complexity index is 954. The number of alkyl halides is 1. The van der Waals surface area contributed by atoms with Crippen molar-refractivity contribution in [1.82, 2.24) is 0 Å². The number of halogens is 2. The van der Waals surface area contributed by atoms with Crippen LogP contribution in [-0.4, -0.2) is 0 Å². The highest BCUT2D eigenvalue weighted by Gasteiger charge is 2.09. The number of allylic oxidation sites excluding steroid dienone is 2. The van der Waals surface area contributed by atoms with E-state index in [0.717, 1.165) is 28.7 Å². The van der Waals surface area contributed by atoms with Gasteiger partial charge < -0.3 is 0 Å². The first-order valence-electron chi connectivity index (χ1n) is 10.0. The minimum absolute atomic E-state index is 0.165. The highest BCUT2D eigenvalue weighted by molar-refractivity contribution is 5.69. The standard InChI is InChI=1S/C27H26F2/c1-2-3-5-8-25-18-17-23(20-27(25)29)16-13-21-11-14-22(15-12-21)19-26(28)24-9-6-4-7-10-24/h2-4,6-7,9-18,20,26H,5,8,19H2,1H3/t26-/m1/s1. The van der Waals surface area contributed by atoms with Gasteiger partial charge in [0.15, 0.2) is 0 Å². The molecular weight excluding hydrogens is 362 g/mol. The van der Waals surface area contributed by atoms with Crippen molar-refractivity contribution in [2.45, 2.75) is 32.4 Å². The predicted octanol–water partition coefficient (Wildman–Crippen LogP) is 7.76. The molecule has 0 N–H and O–H groups in total. The second-order valence-corrected chi connectivity index (χ2v) is 7.12. The van der Waals surface area contributed by atoms with E-state index in [2.05, 4.69) is 0 Å². The highest BCUT2D eigenvalue weighted by Crippen LogP contribution is 2.22. The lowest BCUT2D eigenvalue weighted by Gasteiger charge is -2.08. The van der Waals surface area contributed by atoms with Crippen LogP contribution < -0.4 is 0 Å². The van der Waals surface area contributed by atoms with Crippen molar-refractivity contribution >= 4 is 12.2 Å². The third-order valence-electron chi connectivity index (χ3n) is 4.92. The van der Waals surface area contributed by atoms with E-state index in [1.165, 1.54) is 0 Å². The van der Waals surface area contributed by atoms with Gasteiger partial charge in [-0.05, 0) is 53.6 Å². The fraction of sp³-hybridized carbons (Fsp3) is 0.185. The Morgan fingerprint density at radius 1 is 0.862 bits per heavy atom. The smallest absolute Gasteiger partial charge is 0.129 e. The maximum Gasteiger partial charge on any atom is 0.129 e. The molecule has 0 amide bonds. The summed E-state index contributed by atoms with van der Waals surface area (Å²) in [7, 11) is 0. The number of benzene rings is 3. The number of hydrogen-bond acceptors (Lipinski definition) is 0. The van der Waals surface area contributed by atoms with Crippen molar-refractivity contribution < 1.29 is 8.78 Å². The molecule has 0 saturated carbocycles. The molecule has 3 aromatic carbocycles. The second kappa shape index (κ2) is 10.5. The first-order chi connectivity index (χ1) is 14.2. The van der Waals surface area contributed by atoms with Crippen LogP contribution in [0.1, 0.15) is 47.3 Å². The first kappa shape index (κ1) is 20.7. The zero-order valence-electron chi connectivity index (χ0n) is 16.7. The summed E-state index contributed by atoms with van der Waals surface area (Å²) in [5.41, 5.74) is 4.22. The fourth-order valence-corrected chi connectivity index (χ4v) is 3.22. The summed E-state index contributed by atoms with van der Waals surface area (Å²) >= 11 is 0. The van der Waals surface area contributed by atoms with Crippen molar-refractivity contribution in [3.63, 3.8) is 0 Å². The lowest BCUT2D eigenvalue weighted by atomic mass is 10.0. The van der Waals surface area contributed by atoms with Crippen molar-refractivity contribution in [1.29, 1.82) is 0 Å². The minimum atomic E-state index is -1.01. The third kappa shape index (κ3) is 6.25. The number of aryl methyl sites for hydroxylation is 1. The first-order valence-corrected chi connectivity index (χ1v) is 10.0. The minimum Gasteiger partial charge on any atom is -0.242 e. The van der Waals surface area contributed by atoms with Crippen molar-refractivity contribution in [3.8, 4) is 0 Å². The summed E-state index contributed by atoms with van der Waals surface area (Å²) in [5.74, 6) is -0.165. The van der Waals surface area contributed by atoms with Gasteiger partial charge in [0.05, 0.1) is 0 Å². The van der Waals surface area contributed by atoms with E-state index >= 15 is 0 Å². The Morgan fingerprint density at radius 2 is 1.55 bits per heavy atom. The van der Waals surface area contributed by atoms with E-state index in [9.17, 15) is 8.78 Å². The molecule has 0 fully saturated rings. The molecule has 0 unspecified atom stereocenters. The van der Waals surface area contributed by atoms with Gasteiger partial charge in [-0.1, -0.05) is 91.0 Å². The zero-order chi connectivity index (χ0) is 20.5. The summed E-state index contributed by atoms with van der Waals surface area (Å²) in [6, 6.07) is 22.4. The molecule has 0 heterocycles. The number of hydrogen-bond donors (Lipinski definition) is 0. The van der Waals surface area contributed by atoms with Crippen LogP contribution in [0.2, 0.25) is 0 Å². The van der Waals surface area contributed by atoms with Crippen LogP contribution in [0.5, 0.6) is 0 Å². The number of rotatable bonds is 8. The lowest BCUT2D eigenvalue weighted by molar-refractivity contribution is 0.342. The van der Waals surface area contributed by atoms with Crippen LogP contribution in [-0.2, 0) is 12.8 Å². The van der Waals surface area contributed by atoms with E-state index < -0.39 is 6.17 Å². The van der Waals surface area contributed by atoms with E-state index in [1.807, 2.05) is 98.0 Å². The van der Waals surface area contributed by atoms with Gasteiger partial charge in [-0.15, -0.1) is 0 Å². The molecule has 0 radical (unpaired) electrons. The van der Waals surface area contributed by atoms with Crippen LogP contribution in [0.25, 0.3) is 12.2 Å². The van der Waals surface area contributed by atoms with Crippen LogP contribution in [0.4, 0.5) is 8.78 Å². The topological polar surface area (TPSA) is 0 Å². The van der Waals surface area contributed by atoms with Crippen LogP contribution in [0.15, 0.2) is 84.9 Å². The van der Waals surface area contributed by atoms with Gasteiger partial charge >= 0.3 is 0 Å². The molecule has 3 rings (SSSR count). The molecule has 0 aliphatic carbocycles. The van der Waals surface area contributed by atoms with Crippen LogP contribution >= 0.6 is 0 Å². The van der Waals surface area contributed by atoms with Gasteiger partial charge in [0.1, 0.15) is 12.0 Å². The molecule has 0 aromatic heterocycles. The summed E-state index contributed by atoms with van der Waals surface area (Å²) in [5, 5.41) is 0. The van der Waals surface area contributed by atoms with Crippen molar-refractivity contribution in [2.75, 3.05) is 0 Å². The van der Waals surface area contributed by atoms with E-state index in [0.29, 0.717) is 18.4 Å².